The third kappa shape index (κ3) is 5.00. The predicted molar refractivity (Wildman–Crippen MR) is 77.5 cm³/mol. The first-order chi connectivity index (χ1) is 8.93. The average Bonchev–Trinajstić information content (AvgIpc) is 2.31. The van der Waals surface area contributed by atoms with Gasteiger partial charge < -0.3 is 15.7 Å². The highest BCUT2D eigenvalue weighted by molar-refractivity contribution is 9.10. The van der Waals surface area contributed by atoms with E-state index in [9.17, 15) is 9.59 Å². The fourth-order valence-electron chi connectivity index (χ4n) is 1.65. The molecule has 5 nitrogen and oxygen atoms in total. The van der Waals surface area contributed by atoms with E-state index in [4.69, 9.17) is 5.11 Å². The zero-order valence-electron chi connectivity index (χ0n) is 10.9. The minimum Gasteiger partial charge on any atom is -0.478 e. The first kappa shape index (κ1) is 15.7. The lowest BCUT2D eigenvalue weighted by atomic mass is 10.2. The first-order valence-electron chi connectivity index (χ1n) is 6.00. The zero-order valence-corrected chi connectivity index (χ0v) is 12.5. The summed E-state index contributed by atoms with van der Waals surface area (Å²) >= 11 is 3.25. The molecule has 3 N–H and O–H groups in total. The standard InChI is InChI=1S/C13H17BrN2O3/c1-3-15-8(2)6-12(17)16-11-5-4-9(13(18)19)7-10(11)14/h4-5,7-8,15H,3,6H2,1-2H3,(H,16,17)(H,18,19). The van der Waals surface area contributed by atoms with Gasteiger partial charge in [0.1, 0.15) is 0 Å². The average molecular weight is 329 g/mol. The van der Waals surface area contributed by atoms with Gasteiger partial charge in [0.2, 0.25) is 5.91 Å². The van der Waals surface area contributed by atoms with Crippen LogP contribution >= 0.6 is 15.9 Å². The van der Waals surface area contributed by atoms with Crippen LogP contribution in [-0.2, 0) is 4.79 Å². The Morgan fingerprint density at radius 3 is 2.63 bits per heavy atom. The summed E-state index contributed by atoms with van der Waals surface area (Å²) in [6.07, 6.45) is 0.362. The minimum atomic E-state index is -1.00. The number of aromatic carboxylic acids is 1. The molecule has 0 fully saturated rings. The monoisotopic (exact) mass is 328 g/mol. The van der Waals surface area contributed by atoms with Crippen molar-refractivity contribution in [3.63, 3.8) is 0 Å². The summed E-state index contributed by atoms with van der Waals surface area (Å²) in [4.78, 5) is 22.6. The molecule has 0 radical (unpaired) electrons. The molecule has 0 aliphatic rings. The molecule has 0 saturated heterocycles. The van der Waals surface area contributed by atoms with Crippen LogP contribution in [0.15, 0.2) is 22.7 Å². The van der Waals surface area contributed by atoms with Crippen molar-refractivity contribution in [2.24, 2.45) is 0 Å². The predicted octanol–water partition coefficient (Wildman–Crippen LogP) is 2.47. The van der Waals surface area contributed by atoms with Crippen molar-refractivity contribution < 1.29 is 14.7 Å². The Morgan fingerprint density at radius 1 is 1.42 bits per heavy atom. The number of carbonyl (C=O) groups excluding carboxylic acids is 1. The topological polar surface area (TPSA) is 78.4 Å². The highest BCUT2D eigenvalue weighted by Gasteiger charge is 2.11. The molecule has 0 spiro atoms. The Hall–Kier alpha value is -1.40. The van der Waals surface area contributed by atoms with Gasteiger partial charge in [0, 0.05) is 16.9 Å². The number of amides is 1. The van der Waals surface area contributed by atoms with Crippen LogP contribution in [0.3, 0.4) is 0 Å². The maximum absolute atomic E-state index is 11.8. The molecule has 6 heteroatoms. The van der Waals surface area contributed by atoms with Gasteiger partial charge in [-0.05, 0) is 47.6 Å². The van der Waals surface area contributed by atoms with E-state index >= 15 is 0 Å². The van der Waals surface area contributed by atoms with Gasteiger partial charge in [0.15, 0.2) is 0 Å². The van der Waals surface area contributed by atoms with Crippen LogP contribution < -0.4 is 10.6 Å². The summed E-state index contributed by atoms with van der Waals surface area (Å²) in [6, 6.07) is 4.59. The van der Waals surface area contributed by atoms with Crippen molar-refractivity contribution >= 4 is 33.5 Å². The number of carbonyl (C=O) groups is 2. The Bertz CT molecular complexity index is 477. The van der Waals surface area contributed by atoms with Gasteiger partial charge in [-0.15, -0.1) is 0 Å². The van der Waals surface area contributed by atoms with Gasteiger partial charge in [0.05, 0.1) is 11.3 Å². The summed E-state index contributed by atoms with van der Waals surface area (Å²) in [5.74, 6) is -1.11. The van der Waals surface area contributed by atoms with Crippen molar-refractivity contribution in [2.75, 3.05) is 11.9 Å². The molecular weight excluding hydrogens is 312 g/mol. The molecule has 1 aromatic carbocycles. The SMILES string of the molecule is CCNC(C)CC(=O)Nc1ccc(C(=O)O)cc1Br. The van der Waals surface area contributed by atoms with E-state index in [1.165, 1.54) is 12.1 Å². The van der Waals surface area contributed by atoms with Gasteiger partial charge in [-0.2, -0.15) is 0 Å². The molecule has 0 aliphatic carbocycles. The molecule has 1 unspecified atom stereocenters. The molecule has 1 amide bonds. The highest BCUT2D eigenvalue weighted by atomic mass is 79.9. The normalized spacial score (nSPS) is 11.9. The van der Waals surface area contributed by atoms with Gasteiger partial charge in [-0.3, -0.25) is 4.79 Å². The first-order valence-corrected chi connectivity index (χ1v) is 6.79. The van der Waals surface area contributed by atoms with E-state index in [2.05, 4.69) is 26.6 Å². The van der Waals surface area contributed by atoms with Crippen molar-refractivity contribution in [3.05, 3.63) is 28.2 Å². The Kier molecular flexibility index (Phi) is 5.98. The molecule has 19 heavy (non-hydrogen) atoms. The lowest BCUT2D eigenvalue weighted by Gasteiger charge is -2.13. The number of nitrogens with one attached hydrogen (secondary N) is 2. The summed E-state index contributed by atoms with van der Waals surface area (Å²) in [6.45, 7) is 4.73. The number of hydrogen-bond acceptors (Lipinski definition) is 3. The quantitative estimate of drug-likeness (QED) is 0.749. The number of hydrogen-bond donors (Lipinski definition) is 3. The largest absolute Gasteiger partial charge is 0.478 e. The number of carboxylic acid groups (broad SMARTS) is 1. The van der Waals surface area contributed by atoms with Gasteiger partial charge in [0.25, 0.3) is 0 Å². The van der Waals surface area contributed by atoms with E-state index in [1.807, 2.05) is 13.8 Å². The lowest BCUT2D eigenvalue weighted by molar-refractivity contribution is -0.116. The van der Waals surface area contributed by atoms with Crippen molar-refractivity contribution in [3.8, 4) is 0 Å². The molecule has 1 atom stereocenters. The van der Waals surface area contributed by atoms with Crippen LogP contribution in [0.5, 0.6) is 0 Å². The third-order valence-corrected chi connectivity index (χ3v) is 3.19. The second-order valence-corrected chi connectivity index (χ2v) is 5.07. The molecule has 104 valence electrons. The van der Waals surface area contributed by atoms with Crippen molar-refractivity contribution in [2.45, 2.75) is 26.3 Å². The molecule has 1 aromatic rings. The van der Waals surface area contributed by atoms with Crippen LogP contribution in [0.2, 0.25) is 0 Å². The third-order valence-electron chi connectivity index (χ3n) is 2.53. The summed E-state index contributed by atoms with van der Waals surface area (Å²) in [7, 11) is 0. The number of anilines is 1. The molecule has 0 aliphatic heterocycles. The van der Waals surface area contributed by atoms with Crippen molar-refractivity contribution in [1.29, 1.82) is 0 Å². The van der Waals surface area contributed by atoms with E-state index in [1.54, 1.807) is 6.07 Å². The maximum Gasteiger partial charge on any atom is 0.335 e. The second kappa shape index (κ2) is 7.25. The van der Waals surface area contributed by atoms with Gasteiger partial charge in [-0.25, -0.2) is 4.79 Å². The Morgan fingerprint density at radius 2 is 2.11 bits per heavy atom. The van der Waals surface area contributed by atoms with Gasteiger partial charge >= 0.3 is 5.97 Å². The summed E-state index contributed by atoms with van der Waals surface area (Å²) in [5, 5.41) is 14.7. The van der Waals surface area contributed by atoms with E-state index in [0.717, 1.165) is 6.54 Å². The summed E-state index contributed by atoms with van der Waals surface area (Å²) < 4.78 is 0.553. The number of rotatable bonds is 6. The number of carboxylic acids is 1. The van der Waals surface area contributed by atoms with E-state index in [-0.39, 0.29) is 17.5 Å². The molecule has 0 heterocycles. The Labute approximate surface area is 120 Å². The molecule has 0 saturated carbocycles. The zero-order chi connectivity index (χ0) is 14.4. The van der Waals surface area contributed by atoms with Crippen LogP contribution in [0.25, 0.3) is 0 Å². The fraction of sp³-hybridized carbons (Fsp3) is 0.385. The van der Waals surface area contributed by atoms with Gasteiger partial charge in [-0.1, -0.05) is 6.92 Å². The second-order valence-electron chi connectivity index (χ2n) is 4.21. The van der Waals surface area contributed by atoms with E-state index in [0.29, 0.717) is 16.6 Å². The van der Waals surface area contributed by atoms with Crippen LogP contribution in [0.4, 0.5) is 5.69 Å². The Balaban J connectivity index is 2.67. The van der Waals surface area contributed by atoms with Crippen LogP contribution in [0, 0.1) is 0 Å². The highest BCUT2D eigenvalue weighted by Crippen LogP contribution is 2.23. The molecule has 0 aromatic heterocycles. The fourth-order valence-corrected chi connectivity index (χ4v) is 2.13. The molecular formula is C13H17BrN2O3. The maximum atomic E-state index is 11.8. The molecule has 1 rings (SSSR count). The minimum absolute atomic E-state index is 0.0991. The smallest absolute Gasteiger partial charge is 0.335 e. The number of benzene rings is 1. The van der Waals surface area contributed by atoms with Crippen LogP contribution in [0.1, 0.15) is 30.6 Å². The lowest BCUT2D eigenvalue weighted by Crippen LogP contribution is -2.30. The summed E-state index contributed by atoms with van der Waals surface area (Å²) in [5.41, 5.74) is 0.740. The van der Waals surface area contributed by atoms with Crippen molar-refractivity contribution in [1.82, 2.24) is 5.32 Å². The molecule has 0 bridgehead atoms. The van der Waals surface area contributed by atoms with Crippen LogP contribution in [-0.4, -0.2) is 29.6 Å². The number of halogens is 1. The van der Waals surface area contributed by atoms with E-state index < -0.39 is 5.97 Å².